The van der Waals surface area contributed by atoms with Crippen molar-refractivity contribution >= 4 is 0 Å². The molecule has 0 saturated carbocycles. The molecule has 1 atom stereocenters. The normalized spacial score (nSPS) is 12.2. The van der Waals surface area contributed by atoms with E-state index in [4.69, 9.17) is 4.74 Å². The van der Waals surface area contributed by atoms with Gasteiger partial charge < -0.3 is 10.1 Å². The molecule has 0 aliphatic carbocycles. The number of nitrogens with one attached hydrogen (secondary N) is 1. The van der Waals surface area contributed by atoms with Crippen molar-refractivity contribution in [2.75, 3.05) is 13.7 Å². The van der Waals surface area contributed by atoms with E-state index in [9.17, 15) is 4.39 Å². The number of hydrogen-bond donors (Lipinski definition) is 1. The van der Waals surface area contributed by atoms with Gasteiger partial charge >= 0.3 is 0 Å². The Morgan fingerprint density at radius 2 is 1.84 bits per heavy atom. The van der Waals surface area contributed by atoms with E-state index < -0.39 is 0 Å². The van der Waals surface area contributed by atoms with Crippen molar-refractivity contribution in [1.29, 1.82) is 0 Å². The van der Waals surface area contributed by atoms with Crippen molar-refractivity contribution in [1.82, 2.24) is 5.32 Å². The number of ether oxygens (including phenoxy) is 1. The quantitative estimate of drug-likeness (QED) is 0.887. The zero-order valence-corrected chi connectivity index (χ0v) is 11.2. The third kappa shape index (κ3) is 2.93. The third-order valence-electron chi connectivity index (χ3n) is 3.07. The molecule has 1 N–H and O–H groups in total. The molecule has 2 aromatic rings. The van der Waals surface area contributed by atoms with E-state index in [0.717, 1.165) is 12.1 Å². The maximum Gasteiger partial charge on any atom is 0.170 e. The molecule has 2 nitrogen and oxygen atoms in total. The Hall–Kier alpha value is -1.87. The average Bonchev–Trinajstić information content (AvgIpc) is 2.46. The molecule has 0 spiro atoms. The number of methoxy groups -OCH3 is 1. The molecule has 0 amide bonds. The second-order valence-corrected chi connectivity index (χ2v) is 4.26. The van der Waals surface area contributed by atoms with E-state index in [0.29, 0.717) is 5.56 Å². The van der Waals surface area contributed by atoms with Gasteiger partial charge in [-0.15, -0.1) is 0 Å². The highest BCUT2D eigenvalue weighted by molar-refractivity contribution is 5.38. The summed E-state index contributed by atoms with van der Waals surface area (Å²) in [6, 6.07) is 14.9. The molecule has 0 radical (unpaired) electrons. The number of benzene rings is 2. The Morgan fingerprint density at radius 3 is 2.47 bits per heavy atom. The lowest BCUT2D eigenvalue weighted by molar-refractivity contribution is 0.382. The zero-order valence-electron chi connectivity index (χ0n) is 11.2. The first-order chi connectivity index (χ1) is 9.27. The number of hydrogen-bond acceptors (Lipinski definition) is 2. The highest BCUT2D eigenvalue weighted by Crippen LogP contribution is 2.29. The Bertz CT molecular complexity index is 528. The standard InChI is InChI=1S/C16H18FNO/c1-3-18-16(12-8-5-4-6-9-12)13-10-7-11-14(19-2)15(13)17/h4-11,16,18H,3H2,1-2H3. The average molecular weight is 259 g/mol. The molecule has 2 rings (SSSR count). The first-order valence-electron chi connectivity index (χ1n) is 6.38. The van der Waals surface area contributed by atoms with Gasteiger partial charge in [0.1, 0.15) is 0 Å². The van der Waals surface area contributed by atoms with Crippen molar-refractivity contribution < 1.29 is 9.13 Å². The highest BCUT2D eigenvalue weighted by atomic mass is 19.1. The summed E-state index contributed by atoms with van der Waals surface area (Å²) in [5, 5.41) is 3.31. The van der Waals surface area contributed by atoms with Crippen LogP contribution in [0.2, 0.25) is 0 Å². The highest BCUT2D eigenvalue weighted by Gasteiger charge is 2.19. The molecule has 19 heavy (non-hydrogen) atoms. The Balaban J connectivity index is 2.45. The summed E-state index contributed by atoms with van der Waals surface area (Å²) in [6.45, 7) is 2.77. The van der Waals surface area contributed by atoms with Crippen LogP contribution in [-0.4, -0.2) is 13.7 Å². The fourth-order valence-corrected chi connectivity index (χ4v) is 2.17. The molecule has 1 unspecified atom stereocenters. The zero-order chi connectivity index (χ0) is 13.7. The van der Waals surface area contributed by atoms with Gasteiger partial charge in [0.2, 0.25) is 0 Å². The van der Waals surface area contributed by atoms with Gasteiger partial charge in [0, 0.05) is 5.56 Å². The smallest absolute Gasteiger partial charge is 0.170 e. The lowest BCUT2D eigenvalue weighted by atomic mass is 9.98. The van der Waals surface area contributed by atoms with Crippen molar-refractivity contribution in [3.63, 3.8) is 0 Å². The van der Waals surface area contributed by atoms with E-state index in [1.54, 1.807) is 12.1 Å². The molecule has 2 aromatic carbocycles. The third-order valence-corrected chi connectivity index (χ3v) is 3.07. The molecular formula is C16H18FNO. The summed E-state index contributed by atoms with van der Waals surface area (Å²) in [7, 11) is 1.48. The minimum atomic E-state index is -0.306. The summed E-state index contributed by atoms with van der Waals surface area (Å²) in [5.41, 5.74) is 1.64. The van der Waals surface area contributed by atoms with Gasteiger partial charge in [0.15, 0.2) is 11.6 Å². The van der Waals surface area contributed by atoms with Gasteiger partial charge in [-0.05, 0) is 18.2 Å². The SMILES string of the molecule is CCNC(c1ccccc1)c1cccc(OC)c1F. The van der Waals surface area contributed by atoms with Crippen molar-refractivity contribution in [3.05, 3.63) is 65.5 Å². The van der Waals surface area contributed by atoms with Gasteiger partial charge in [-0.2, -0.15) is 0 Å². The largest absolute Gasteiger partial charge is 0.494 e. The molecule has 0 bridgehead atoms. The lowest BCUT2D eigenvalue weighted by Gasteiger charge is -2.20. The maximum absolute atomic E-state index is 14.4. The van der Waals surface area contributed by atoms with E-state index in [2.05, 4.69) is 5.32 Å². The van der Waals surface area contributed by atoms with Crippen molar-refractivity contribution in [3.8, 4) is 5.75 Å². The summed E-state index contributed by atoms with van der Waals surface area (Å²) in [6.07, 6.45) is 0. The molecule has 0 aliphatic rings. The van der Waals surface area contributed by atoms with Crippen LogP contribution in [0.5, 0.6) is 5.75 Å². The molecule has 0 aromatic heterocycles. The monoisotopic (exact) mass is 259 g/mol. The van der Waals surface area contributed by atoms with Crippen LogP contribution >= 0.6 is 0 Å². The fraction of sp³-hybridized carbons (Fsp3) is 0.250. The van der Waals surface area contributed by atoms with Crippen LogP contribution in [0.15, 0.2) is 48.5 Å². The lowest BCUT2D eigenvalue weighted by Crippen LogP contribution is -2.23. The molecule has 3 heteroatoms. The number of halogens is 1. The predicted molar refractivity (Wildman–Crippen MR) is 74.9 cm³/mol. The van der Waals surface area contributed by atoms with Crippen LogP contribution in [0.4, 0.5) is 4.39 Å². The van der Waals surface area contributed by atoms with Gasteiger partial charge in [-0.1, -0.05) is 49.4 Å². The first kappa shape index (κ1) is 13.6. The van der Waals surface area contributed by atoms with Crippen LogP contribution in [0.25, 0.3) is 0 Å². The van der Waals surface area contributed by atoms with Crippen molar-refractivity contribution in [2.45, 2.75) is 13.0 Å². The molecule has 0 fully saturated rings. The Morgan fingerprint density at radius 1 is 1.11 bits per heavy atom. The molecule has 0 saturated heterocycles. The molecule has 0 heterocycles. The minimum absolute atomic E-state index is 0.165. The maximum atomic E-state index is 14.4. The van der Waals surface area contributed by atoms with Gasteiger partial charge in [-0.3, -0.25) is 0 Å². The topological polar surface area (TPSA) is 21.3 Å². The fourth-order valence-electron chi connectivity index (χ4n) is 2.17. The van der Waals surface area contributed by atoms with Crippen LogP contribution in [0.3, 0.4) is 0 Å². The molecular weight excluding hydrogens is 241 g/mol. The summed E-state index contributed by atoms with van der Waals surface area (Å²) in [4.78, 5) is 0. The Kier molecular flexibility index (Phi) is 4.53. The minimum Gasteiger partial charge on any atom is -0.494 e. The van der Waals surface area contributed by atoms with Gasteiger partial charge in [0.05, 0.1) is 13.2 Å². The van der Waals surface area contributed by atoms with Crippen molar-refractivity contribution in [2.24, 2.45) is 0 Å². The van der Waals surface area contributed by atoms with E-state index in [1.165, 1.54) is 7.11 Å². The number of rotatable bonds is 5. The van der Waals surface area contributed by atoms with E-state index >= 15 is 0 Å². The molecule has 0 aliphatic heterocycles. The van der Waals surface area contributed by atoms with E-state index in [-0.39, 0.29) is 17.6 Å². The second-order valence-electron chi connectivity index (χ2n) is 4.26. The predicted octanol–water partition coefficient (Wildman–Crippen LogP) is 3.53. The Labute approximate surface area is 113 Å². The summed E-state index contributed by atoms with van der Waals surface area (Å²) >= 11 is 0. The van der Waals surface area contributed by atoms with Crippen LogP contribution in [-0.2, 0) is 0 Å². The summed E-state index contributed by atoms with van der Waals surface area (Å²) < 4.78 is 19.4. The van der Waals surface area contributed by atoms with Crippen LogP contribution in [0.1, 0.15) is 24.1 Å². The van der Waals surface area contributed by atoms with Crippen LogP contribution < -0.4 is 10.1 Å². The second kappa shape index (κ2) is 6.34. The molecule has 100 valence electrons. The van der Waals surface area contributed by atoms with Gasteiger partial charge in [0.25, 0.3) is 0 Å². The summed E-state index contributed by atoms with van der Waals surface area (Å²) in [5.74, 6) is -0.0314. The first-order valence-corrected chi connectivity index (χ1v) is 6.38. The van der Waals surface area contributed by atoms with E-state index in [1.807, 2.05) is 43.3 Å². The van der Waals surface area contributed by atoms with Crippen LogP contribution in [0, 0.1) is 5.82 Å². The van der Waals surface area contributed by atoms with Gasteiger partial charge in [-0.25, -0.2) is 4.39 Å².